The molecule has 2 aromatic carbocycles. The number of hydrogen-bond donors (Lipinski definition) is 1. The highest BCUT2D eigenvalue weighted by Crippen LogP contribution is 2.28. The van der Waals surface area contributed by atoms with Crippen LogP contribution in [0.4, 0.5) is 10.1 Å². The first-order chi connectivity index (χ1) is 10.6. The number of halogens is 1. The van der Waals surface area contributed by atoms with Crippen molar-refractivity contribution in [2.75, 3.05) is 5.32 Å². The van der Waals surface area contributed by atoms with Crippen molar-refractivity contribution in [2.45, 2.75) is 6.92 Å². The molecule has 0 spiro atoms. The molecule has 0 saturated heterocycles. The molecular formula is C17H13FN2OS. The zero-order valence-electron chi connectivity index (χ0n) is 11.8. The van der Waals surface area contributed by atoms with Crippen molar-refractivity contribution >= 4 is 22.9 Å². The van der Waals surface area contributed by atoms with Crippen LogP contribution < -0.4 is 5.32 Å². The number of carbonyl (C=O) groups excluding carboxylic acids is 1. The lowest BCUT2D eigenvalue weighted by molar-refractivity contribution is 0.103. The number of benzene rings is 2. The topological polar surface area (TPSA) is 42.0 Å². The first kappa shape index (κ1) is 14.4. The molecule has 0 unspecified atom stereocenters. The average Bonchev–Trinajstić information content (AvgIpc) is 2.92. The predicted octanol–water partition coefficient (Wildman–Crippen LogP) is 4.51. The molecule has 5 heteroatoms. The van der Waals surface area contributed by atoms with Crippen LogP contribution in [0.1, 0.15) is 15.4 Å². The minimum Gasteiger partial charge on any atom is -0.321 e. The van der Waals surface area contributed by atoms with Gasteiger partial charge in [-0.25, -0.2) is 9.37 Å². The summed E-state index contributed by atoms with van der Waals surface area (Å²) in [6, 6.07) is 15.4. The van der Waals surface area contributed by atoms with E-state index in [9.17, 15) is 9.18 Å². The maximum absolute atomic E-state index is 12.9. The van der Waals surface area contributed by atoms with Gasteiger partial charge >= 0.3 is 0 Å². The molecule has 3 nitrogen and oxygen atoms in total. The fourth-order valence-electron chi connectivity index (χ4n) is 2.03. The van der Waals surface area contributed by atoms with Crippen LogP contribution in [0.15, 0.2) is 54.6 Å². The second-order valence-corrected chi connectivity index (χ2v) is 5.76. The standard InChI is InChI=1S/C17H13FN2OS/c1-11-15(16(21)20-14-9-7-13(18)8-10-14)22-17(19-11)12-5-3-2-4-6-12/h2-10H,1H3,(H,20,21). The first-order valence-electron chi connectivity index (χ1n) is 6.73. The molecule has 0 radical (unpaired) electrons. The van der Waals surface area contributed by atoms with Crippen molar-refractivity contribution in [3.63, 3.8) is 0 Å². The van der Waals surface area contributed by atoms with Gasteiger partial charge in [-0.15, -0.1) is 11.3 Å². The molecule has 0 saturated carbocycles. The zero-order valence-corrected chi connectivity index (χ0v) is 12.7. The molecule has 1 aromatic heterocycles. The van der Waals surface area contributed by atoms with Crippen LogP contribution in [0.25, 0.3) is 10.6 Å². The Bertz CT molecular complexity index is 797. The molecule has 0 aliphatic rings. The van der Waals surface area contributed by atoms with Gasteiger partial charge in [0.2, 0.25) is 0 Å². The highest BCUT2D eigenvalue weighted by Gasteiger charge is 2.16. The Morgan fingerprint density at radius 1 is 1.09 bits per heavy atom. The number of aryl methyl sites for hydroxylation is 1. The normalized spacial score (nSPS) is 10.5. The highest BCUT2D eigenvalue weighted by atomic mass is 32.1. The predicted molar refractivity (Wildman–Crippen MR) is 86.6 cm³/mol. The van der Waals surface area contributed by atoms with Crippen molar-refractivity contribution < 1.29 is 9.18 Å². The SMILES string of the molecule is Cc1nc(-c2ccccc2)sc1C(=O)Nc1ccc(F)cc1. The lowest BCUT2D eigenvalue weighted by atomic mass is 10.2. The van der Waals surface area contributed by atoms with E-state index in [1.54, 1.807) is 0 Å². The molecule has 110 valence electrons. The Kier molecular flexibility index (Phi) is 3.98. The third-order valence-electron chi connectivity index (χ3n) is 3.13. The highest BCUT2D eigenvalue weighted by molar-refractivity contribution is 7.17. The summed E-state index contributed by atoms with van der Waals surface area (Å²) in [5.74, 6) is -0.567. The number of nitrogens with one attached hydrogen (secondary N) is 1. The number of thiazole rings is 1. The van der Waals surface area contributed by atoms with Gasteiger partial charge in [0.05, 0.1) is 5.69 Å². The fourth-order valence-corrected chi connectivity index (χ4v) is 3.00. The fraction of sp³-hybridized carbons (Fsp3) is 0.0588. The monoisotopic (exact) mass is 312 g/mol. The molecule has 1 amide bonds. The van der Waals surface area contributed by atoms with E-state index in [0.29, 0.717) is 16.3 Å². The van der Waals surface area contributed by atoms with Gasteiger partial charge in [-0.2, -0.15) is 0 Å². The molecule has 0 aliphatic heterocycles. The van der Waals surface area contributed by atoms with Crippen LogP contribution in [0, 0.1) is 12.7 Å². The maximum Gasteiger partial charge on any atom is 0.267 e. The van der Waals surface area contributed by atoms with Crippen LogP contribution in [-0.4, -0.2) is 10.9 Å². The van der Waals surface area contributed by atoms with E-state index in [4.69, 9.17) is 0 Å². The number of anilines is 1. The van der Waals surface area contributed by atoms with Gasteiger partial charge in [0, 0.05) is 11.3 Å². The van der Waals surface area contributed by atoms with Crippen molar-refractivity contribution in [1.29, 1.82) is 0 Å². The Morgan fingerprint density at radius 2 is 1.77 bits per heavy atom. The molecule has 1 heterocycles. The van der Waals surface area contributed by atoms with Crippen molar-refractivity contribution in [1.82, 2.24) is 4.98 Å². The van der Waals surface area contributed by atoms with Gasteiger partial charge in [-0.1, -0.05) is 30.3 Å². The molecule has 3 rings (SSSR count). The van der Waals surface area contributed by atoms with Crippen LogP contribution in [0.5, 0.6) is 0 Å². The minimum absolute atomic E-state index is 0.233. The quantitative estimate of drug-likeness (QED) is 0.773. The minimum atomic E-state index is -0.335. The molecule has 3 aromatic rings. The molecule has 0 bridgehead atoms. The molecule has 0 fully saturated rings. The van der Waals surface area contributed by atoms with Crippen molar-refractivity contribution in [3.05, 3.63) is 71.0 Å². The summed E-state index contributed by atoms with van der Waals surface area (Å²) in [6.07, 6.45) is 0. The molecule has 1 N–H and O–H groups in total. The maximum atomic E-state index is 12.9. The summed E-state index contributed by atoms with van der Waals surface area (Å²) in [4.78, 5) is 17.3. The average molecular weight is 312 g/mol. The zero-order chi connectivity index (χ0) is 15.5. The van der Waals surface area contributed by atoms with Crippen LogP contribution in [0.3, 0.4) is 0 Å². The second kappa shape index (κ2) is 6.07. The van der Waals surface area contributed by atoms with Gasteiger partial charge in [0.1, 0.15) is 15.7 Å². The Labute approximate surface area is 131 Å². The van der Waals surface area contributed by atoms with Crippen molar-refractivity contribution in [2.24, 2.45) is 0 Å². The number of aromatic nitrogens is 1. The van der Waals surface area contributed by atoms with Gasteiger partial charge in [0.15, 0.2) is 0 Å². The summed E-state index contributed by atoms with van der Waals surface area (Å²) in [5.41, 5.74) is 2.22. The van der Waals surface area contributed by atoms with E-state index in [1.807, 2.05) is 37.3 Å². The Morgan fingerprint density at radius 3 is 2.45 bits per heavy atom. The summed E-state index contributed by atoms with van der Waals surface area (Å²) < 4.78 is 12.9. The lowest BCUT2D eigenvalue weighted by Crippen LogP contribution is -2.11. The molecular weight excluding hydrogens is 299 g/mol. The van der Waals surface area contributed by atoms with E-state index >= 15 is 0 Å². The van der Waals surface area contributed by atoms with Gasteiger partial charge < -0.3 is 5.32 Å². The summed E-state index contributed by atoms with van der Waals surface area (Å²) in [5, 5.41) is 3.56. The van der Waals surface area contributed by atoms with Crippen LogP contribution in [-0.2, 0) is 0 Å². The van der Waals surface area contributed by atoms with Crippen molar-refractivity contribution in [3.8, 4) is 10.6 Å². The van der Waals surface area contributed by atoms with E-state index in [2.05, 4.69) is 10.3 Å². The second-order valence-electron chi connectivity index (χ2n) is 4.76. The Balaban J connectivity index is 1.84. The third-order valence-corrected chi connectivity index (χ3v) is 4.33. The van der Waals surface area contributed by atoms with Crippen LogP contribution in [0.2, 0.25) is 0 Å². The van der Waals surface area contributed by atoms with Crippen LogP contribution >= 0.6 is 11.3 Å². The number of amides is 1. The lowest BCUT2D eigenvalue weighted by Gasteiger charge is -2.03. The summed E-state index contributed by atoms with van der Waals surface area (Å²) >= 11 is 1.35. The van der Waals surface area contributed by atoms with E-state index < -0.39 is 0 Å². The largest absolute Gasteiger partial charge is 0.321 e. The van der Waals surface area contributed by atoms with E-state index in [1.165, 1.54) is 35.6 Å². The third kappa shape index (κ3) is 3.04. The van der Waals surface area contributed by atoms with E-state index in [-0.39, 0.29) is 11.7 Å². The molecule has 0 atom stereocenters. The molecule has 0 aliphatic carbocycles. The van der Waals surface area contributed by atoms with Gasteiger partial charge in [-0.3, -0.25) is 4.79 Å². The van der Waals surface area contributed by atoms with E-state index in [0.717, 1.165) is 10.6 Å². The number of hydrogen-bond acceptors (Lipinski definition) is 3. The van der Waals surface area contributed by atoms with Gasteiger partial charge in [0.25, 0.3) is 5.91 Å². The van der Waals surface area contributed by atoms with Gasteiger partial charge in [-0.05, 0) is 31.2 Å². The number of nitrogens with zero attached hydrogens (tertiary/aromatic N) is 1. The number of rotatable bonds is 3. The Hall–Kier alpha value is -2.53. The smallest absolute Gasteiger partial charge is 0.267 e. The summed E-state index contributed by atoms with van der Waals surface area (Å²) in [7, 11) is 0. The summed E-state index contributed by atoms with van der Waals surface area (Å²) in [6.45, 7) is 1.81. The first-order valence-corrected chi connectivity index (χ1v) is 7.55. The number of carbonyl (C=O) groups is 1. The molecule has 22 heavy (non-hydrogen) atoms.